The van der Waals surface area contributed by atoms with Crippen LogP contribution in [0.4, 0.5) is 4.79 Å². The van der Waals surface area contributed by atoms with Gasteiger partial charge in [-0.15, -0.1) is 0 Å². The average molecular weight is 501 g/mol. The van der Waals surface area contributed by atoms with Crippen molar-refractivity contribution < 1.29 is 9.53 Å². The third kappa shape index (κ3) is 5.15. The third-order valence-corrected chi connectivity index (χ3v) is 7.31. The van der Waals surface area contributed by atoms with E-state index in [1.807, 2.05) is 28.8 Å². The van der Waals surface area contributed by atoms with E-state index in [4.69, 9.17) is 22.1 Å². The summed E-state index contributed by atoms with van der Waals surface area (Å²) < 4.78 is 7.23. The summed E-state index contributed by atoms with van der Waals surface area (Å²) in [5.41, 5.74) is 9.79. The van der Waals surface area contributed by atoms with Crippen molar-refractivity contribution in [2.45, 2.75) is 31.3 Å². The normalized spacial score (nSPS) is 15.5. The molecule has 1 amide bonds. The molecule has 36 heavy (non-hydrogen) atoms. The van der Waals surface area contributed by atoms with E-state index < -0.39 is 6.09 Å². The van der Waals surface area contributed by atoms with Gasteiger partial charge in [-0.25, -0.2) is 9.78 Å². The molecular formula is C29H29ClN4O2. The second-order valence-electron chi connectivity index (χ2n) is 9.26. The molecule has 184 valence electrons. The monoisotopic (exact) mass is 500 g/mol. The van der Waals surface area contributed by atoms with E-state index in [1.165, 1.54) is 11.1 Å². The Hall–Kier alpha value is -3.61. The van der Waals surface area contributed by atoms with Crippen LogP contribution < -0.4 is 10.5 Å². The molecule has 0 saturated carbocycles. The number of ether oxygens (including phenoxy) is 1. The van der Waals surface area contributed by atoms with Gasteiger partial charge in [0.1, 0.15) is 5.69 Å². The van der Waals surface area contributed by atoms with E-state index in [-0.39, 0.29) is 5.41 Å². The molecule has 1 saturated heterocycles. The molecule has 1 aromatic heterocycles. The van der Waals surface area contributed by atoms with Crippen molar-refractivity contribution in [3.05, 3.63) is 119 Å². The largest absolute Gasteiger partial charge is 0.411 e. The van der Waals surface area contributed by atoms with Gasteiger partial charge in [0.25, 0.3) is 0 Å². The number of hydrogen-bond donors (Lipinski definition) is 1. The quantitative estimate of drug-likeness (QED) is 0.357. The average Bonchev–Trinajstić information content (AvgIpc) is 3.27. The number of primary amides is 1. The van der Waals surface area contributed by atoms with Gasteiger partial charge in [-0.1, -0.05) is 84.4 Å². The number of likely N-dealkylation sites (tertiary alicyclic amines) is 1. The molecule has 7 heteroatoms. The van der Waals surface area contributed by atoms with Crippen LogP contribution in [0.1, 0.15) is 35.2 Å². The molecule has 0 spiro atoms. The number of rotatable bonds is 7. The third-order valence-electron chi connectivity index (χ3n) is 7.06. The molecule has 1 fully saturated rings. The van der Waals surface area contributed by atoms with Crippen LogP contribution in [0.5, 0.6) is 5.88 Å². The fourth-order valence-electron chi connectivity index (χ4n) is 5.20. The molecule has 6 nitrogen and oxygen atoms in total. The van der Waals surface area contributed by atoms with Gasteiger partial charge < -0.3 is 10.5 Å². The number of halogens is 1. The Morgan fingerprint density at radius 1 is 0.889 bits per heavy atom. The highest BCUT2D eigenvalue weighted by molar-refractivity contribution is 6.30. The lowest BCUT2D eigenvalue weighted by Gasteiger charge is -2.42. The molecular weight excluding hydrogens is 472 g/mol. The Morgan fingerprint density at radius 2 is 1.47 bits per heavy atom. The van der Waals surface area contributed by atoms with E-state index >= 15 is 0 Å². The minimum atomic E-state index is -0.847. The predicted molar refractivity (Wildman–Crippen MR) is 141 cm³/mol. The summed E-state index contributed by atoms with van der Waals surface area (Å²) >= 11 is 6.02. The summed E-state index contributed by atoms with van der Waals surface area (Å²) in [4.78, 5) is 18.6. The Labute approximate surface area is 216 Å². The second kappa shape index (κ2) is 10.6. The van der Waals surface area contributed by atoms with E-state index in [0.717, 1.165) is 31.5 Å². The van der Waals surface area contributed by atoms with E-state index in [9.17, 15) is 4.79 Å². The number of benzene rings is 3. The molecule has 0 atom stereocenters. The summed E-state index contributed by atoms with van der Waals surface area (Å²) in [5.74, 6) is 0.389. The molecule has 1 aliphatic heterocycles. The maximum atomic E-state index is 11.7. The fourth-order valence-corrected chi connectivity index (χ4v) is 5.32. The molecule has 5 rings (SSSR count). The highest BCUT2D eigenvalue weighted by atomic mass is 35.5. The van der Waals surface area contributed by atoms with Crippen LogP contribution in [0.25, 0.3) is 0 Å². The Kier molecular flexibility index (Phi) is 7.07. The van der Waals surface area contributed by atoms with Gasteiger partial charge in [0.05, 0.1) is 12.9 Å². The van der Waals surface area contributed by atoms with Crippen LogP contribution in [0.3, 0.4) is 0 Å². The fraction of sp³-hybridized carbons (Fsp3) is 0.241. The zero-order chi connectivity index (χ0) is 25.0. The summed E-state index contributed by atoms with van der Waals surface area (Å²) in [6, 6.07) is 29.1. The first kappa shape index (κ1) is 24.1. The smallest absolute Gasteiger partial charge is 0.391 e. The summed E-state index contributed by atoms with van der Waals surface area (Å²) in [6.45, 7) is 2.86. The number of imidazole rings is 1. The molecule has 4 aromatic rings. The van der Waals surface area contributed by atoms with Crippen molar-refractivity contribution in [2.24, 2.45) is 5.73 Å². The van der Waals surface area contributed by atoms with Crippen molar-refractivity contribution in [3.63, 3.8) is 0 Å². The van der Waals surface area contributed by atoms with E-state index in [2.05, 4.69) is 70.5 Å². The van der Waals surface area contributed by atoms with Crippen LogP contribution >= 0.6 is 11.6 Å². The molecule has 0 bridgehead atoms. The van der Waals surface area contributed by atoms with Crippen LogP contribution in [-0.4, -0.2) is 33.6 Å². The number of aromatic nitrogens is 2. The molecule has 2 heterocycles. The van der Waals surface area contributed by atoms with E-state index in [0.29, 0.717) is 29.7 Å². The summed E-state index contributed by atoms with van der Waals surface area (Å²) in [5, 5.41) is 0.672. The van der Waals surface area contributed by atoms with Gasteiger partial charge in [-0.05, 0) is 54.8 Å². The van der Waals surface area contributed by atoms with Gasteiger partial charge in [-0.3, -0.25) is 9.47 Å². The number of amides is 1. The zero-order valence-corrected chi connectivity index (χ0v) is 20.8. The van der Waals surface area contributed by atoms with Gasteiger partial charge in [0, 0.05) is 17.0 Å². The number of nitrogens with zero attached hydrogens (tertiary/aromatic N) is 3. The summed E-state index contributed by atoms with van der Waals surface area (Å²) in [7, 11) is 0. The maximum Gasteiger partial charge on any atom is 0.411 e. The van der Waals surface area contributed by atoms with Gasteiger partial charge in [-0.2, -0.15) is 0 Å². The number of nitrogens with two attached hydrogens (primary N) is 1. The maximum absolute atomic E-state index is 11.7. The molecule has 0 unspecified atom stereocenters. The lowest BCUT2D eigenvalue weighted by Crippen LogP contribution is -2.43. The summed E-state index contributed by atoms with van der Waals surface area (Å²) in [6.07, 6.45) is 2.82. The molecule has 0 radical (unpaired) electrons. The molecule has 0 aliphatic carbocycles. The second-order valence-corrected chi connectivity index (χ2v) is 9.70. The number of carbonyl (C=O) groups excluding carboxylic acids is 1. The predicted octanol–water partition coefficient (Wildman–Crippen LogP) is 5.62. The lowest BCUT2D eigenvalue weighted by atomic mass is 9.68. The van der Waals surface area contributed by atoms with Crippen molar-refractivity contribution >= 4 is 17.7 Å². The number of hydrogen-bond acceptors (Lipinski definition) is 4. The Balaban J connectivity index is 1.35. The van der Waals surface area contributed by atoms with Crippen LogP contribution in [0.2, 0.25) is 5.02 Å². The first-order valence-corrected chi connectivity index (χ1v) is 12.5. The minimum absolute atomic E-state index is 0.0283. The van der Waals surface area contributed by atoms with Crippen molar-refractivity contribution in [1.29, 1.82) is 0 Å². The SMILES string of the molecule is NC(=O)Oc1c(CN2CCC(c3ccccc3)(c3ccccc3)CC2)ncn1Cc1ccc(Cl)cc1. The topological polar surface area (TPSA) is 73.4 Å². The van der Waals surface area contributed by atoms with Gasteiger partial charge in [0.2, 0.25) is 5.88 Å². The Morgan fingerprint density at radius 3 is 2.03 bits per heavy atom. The molecule has 1 aliphatic rings. The highest BCUT2D eigenvalue weighted by Crippen LogP contribution is 2.42. The minimum Gasteiger partial charge on any atom is -0.391 e. The zero-order valence-electron chi connectivity index (χ0n) is 20.0. The van der Waals surface area contributed by atoms with Gasteiger partial charge >= 0.3 is 6.09 Å². The van der Waals surface area contributed by atoms with Crippen molar-refractivity contribution in [2.75, 3.05) is 13.1 Å². The highest BCUT2D eigenvalue weighted by Gasteiger charge is 2.38. The molecule has 2 N–H and O–H groups in total. The standard InChI is InChI=1S/C29H29ClN4O2/c30-25-13-11-22(12-14-25)19-34-21-32-26(27(34)36-28(31)35)20-33-17-15-29(16-18-33,23-7-3-1-4-8-23)24-9-5-2-6-10-24/h1-14,21H,15-20H2,(H2,31,35). The van der Waals surface area contributed by atoms with Crippen LogP contribution in [0, 0.1) is 0 Å². The number of piperidine rings is 1. The Bertz CT molecular complexity index is 1260. The molecule has 3 aromatic carbocycles. The number of carbonyl (C=O) groups is 1. The lowest BCUT2D eigenvalue weighted by molar-refractivity contribution is 0.168. The van der Waals surface area contributed by atoms with Crippen molar-refractivity contribution in [1.82, 2.24) is 14.5 Å². The van der Waals surface area contributed by atoms with Crippen molar-refractivity contribution in [3.8, 4) is 5.88 Å². The first-order chi connectivity index (χ1) is 17.5. The first-order valence-electron chi connectivity index (χ1n) is 12.1. The van der Waals surface area contributed by atoms with E-state index in [1.54, 1.807) is 6.33 Å². The van der Waals surface area contributed by atoms with Crippen LogP contribution in [-0.2, 0) is 18.5 Å². The van der Waals surface area contributed by atoms with Crippen LogP contribution in [0.15, 0.2) is 91.3 Å². The van der Waals surface area contributed by atoms with Gasteiger partial charge in [0.15, 0.2) is 0 Å².